The molecule has 0 atom stereocenters. The van der Waals surface area contributed by atoms with E-state index in [0.717, 1.165) is 16.3 Å². The van der Waals surface area contributed by atoms with Gasteiger partial charge in [0.15, 0.2) is 0 Å². The van der Waals surface area contributed by atoms with E-state index in [1.165, 1.54) is 13.0 Å². The number of anilines is 2. The van der Waals surface area contributed by atoms with Crippen molar-refractivity contribution in [1.82, 2.24) is 4.98 Å². The molecule has 0 aliphatic rings. The lowest BCUT2D eigenvalue weighted by Crippen LogP contribution is -2.09. The second-order valence-electron chi connectivity index (χ2n) is 6.27. The van der Waals surface area contributed by atoms with E-state index in [-0.39, 0.29) is 11.8 Å². The molecule has 3 rings (SSSR count). The third-order valence-corrected chi connectivity index (χ3v) is 4.65. The van der Waals surface area contributed by atoms with Crippen molar-refractivity contribution in [3.63, 3.8) is 0 Å². The standard InChI is InChI=1S/C22H21N3O3S/c1-15(26)23-18-7-5-8-19(12-18)25-22(27)11-10-17-6-3-4-9-21(17)28-13-20-14-29-16(2)24-20/h3-12,14H,13H2,1-2H3,(H,23,26)(H,25,27)/b11-10+. The zero-order chi connectivity index (χ0) is 20.6. The number of aromatic nitrogens is 1. The quantitative estimate of drug-likeness (QED) is 0.559. The van der Waals surface area contributed by atoms with Crippen LogP contribution < -0.4 is 15.4 Å². The van der Waals surface area contributed by atoms with Crippen molar-refractivity contribution in [1.29, 1.82) is 0 Å². The number of nitrogens with one attached hydrogen (secondary N) is 2. The summed E-state index contributed by atoms with van der Waals surface area (Å²) >= 11 is 1.58. The van der Waals surface area contributed by atoms with Crippen LogP contribution in [0.15, 0.2) is 60.0 Å². The van der Waals surface area contributed by atoms with Crippen molar-refractivity contribution in [2.75, 3.05) is 10.6 Å². The Morgan fingerprint density at radius 2 is 1.86 bits per heavy atom. The molecule has 7 heteroatoms. The van der Waals surface area contributed by atoms with Crippen molar-refractivity contribution in [3.8, 4) is 5.75 Å². The van der Waals surface area contributed by atoms with Crippen LogP contribution in [-0.4, -0.2) is 16.8 Å². The smallest absolute Gasteiger partial charge is 0.248 e. The first-order valence-corrected chi connectivity index (χ1v) is 9.87. The summed E-state index contributed by atoms with van der Waals surface area (Å²) in [5.41, 5.74) is 2.88. The van der Waals surface area contributed by atoms with E-state index >= 15 is 0 Å². The molecule has 0 aliphatic heterocycles. The molecule has 1 aromatic heterocycles. The predicted octanol–water partition coefficient (Wildman–Crippen LogP) is 4.64. The summed E-state index contributed by atoms with van der Waals surface area (Å²) in [5, 5.41) is 8.43. The van der Waals surface area contributed by atoms with Gasteiger partial charge < -0.3 is 15.4 Å². The zero-order valence-electron chi connectivity index (χ0n) is 16.1. The summed E-state index contributed by atoms with van der Waals surface area (Å²) in [7, 11) is 0. The Morgan fingerprint density at radius 3 is 2.59 bits per heavy atom. The van der Waals surface area contributed by atoms with E-state index in [0.29, 0.717) is 23.7 Å². The van der Waals surface area contributed by atoms with Crippen molar-refractivity contribution in [2.24, 2.45) is 0 Å². The summed E-state index contributed by atoms with van der Waals surface area (Å²) in [6.45, 7) is 3.76. The third-order valence-electron chi connectivity index (χ3n) is 3.83. The zero-order valence-corrected chi connectivity index (χ0v) is 17.0. The van der Waals surface area contributed by atoms with Gasteiger partial charge in [0.25, 0.3) is 0 Å². The van der Waals surface area contributed by atoms with Crippen LogP contribution in [0.5, 0.6) is 5.75 Å². The van der Waals surface area contributed by atoms with E-state index in [2.05, 4.69) is 15.6 Å². The van der Waals surface area contributed by atoms with E-state index in [4.69, 9.17) is 4.74 Å². The normalized spacial score (nSPS) is 10.7. The fraction of sp³-hybridized carbons (Fsp3) is 0.136. The fourth-order valence-electron chi connectivity index (χ4n) is 2.60. The maximum Gasteiger partial charge on any atom is 0.248 e. The lowest BCUT2D eigenvalue weighted by atomic mass is 10.2. The van der Waals surface area contributed by atoms with Crippen LogP contribution in [0, 0.1) is 6.92 Å². The molecule has 0 radical (unpaired) electrons. The molecule has 0 unspecified atom stereocenters. The minimum Gasteiger partial charge on any atom is -0.487 e. The maximum atomic E-state index is 12.3. The number of amides is 2. The Balaban J connectivity index is 1.63. The first-order chi connectivity index (χ1) is 14.0. The van der Waals surface area contributed by atoms with Gasteiger partial charge >= 0.3 is 0 Å². The number of nitrogens with zero attached hydrogens (tertiary/aromatic N) is 1. The van der Waals surface area contributed by atoms with Gasteiger partial charge in [0.05, 0.1) is 10.7 Å². The van der Waals surface area contributed by atoms with E-state index in [1.807, 2.05) is 36.6 Å². The molecule has 0 bridgehead atoms. The number of rotatable bonds is 7. The van der Waals surface area contributed by atoms with Gasteiger partial charge in [-0.3, -0.25) is 9.59 Å². The van der Waals surface area contributed by atoms with Crippen molar-refractivity contribution in [2.45, 2.75) is 20.5 Å². The monoisotopic (exact) mass is 407 g/mol. The molecule has 0 saturated carbocycles. The molecule has 6 nitrogen and oxygen atoms in total. The predicted molar refractivity (Wildman–Crippen MR) is 116 cm³/mol. The number of benzene rings is 2. The van der Waals surface area contributed by atoms with Crippen LogP contribution in [0.1, 0.15) is 23.2 Å². The fourth-order valence-corrected chi connectivity index (χ4v) is 3.20. The van der Waals surface area contributed by atoms with Crippen LogP contribution in [0.2, 0.25) is 0 Å². The number of ether oxygens (including phenoxy) is 1. The molecule has 2 aromatic carbocycles. The van der Waals surface area contributed by atoms with Crippen molar-refractivity contribution < 1.29 is 14.3 Å². The highest BCUT2D eigenvalue weighted by Gasteiger charge is 2.05. The number of para-hydroxylation sites is 1. The second kappa shape index (κ2) is 9.66. The SMILES string of the molecule is CC(=O)Nc1cccc(NC(=O)/C=C/c2ccccc2OCc2csc(C)n2)c1. The molecule has 3 aromatic rings. The Morgan fingerprint density at radius 1 is 1.10 bits per heavy atom. The molecule has 0 saturated heterocycles. The minimum absolute atomic E-state index is 0.169. The van der Waals surface area contributed by atoms with Crippen molar-refractivity contribution >= 4 is 40.6 Å². The highest BCUT2D eigenvalue weighted by molar-refractivity contribution is 7.09. The maximum absolute atomic E-state index is 12.3. The van der Waals surface area contributed by atoms with Crippen LogP contribution >= 0.6 is 11.3 Å². The number of carbonyl (C=O) groups is 2. The Hall–Kier alpha value is -3.45. The highest BCUT2D eigenvalue weighted by atomic mass is 32.1. The number of thiazole rings is 1. The highest BCUT2D eigenvalue weighted by Crippen LogP contribution is 2.21. The molecule has 148 valence electrons. The minimum atomic E-state index is -0.282. The number of aryl methyl sites for hydroxylation is 1. The molecule has 0 spiro atoms. The van der Waals surface area contributed by atoms with Gasteiger partial charge in [-0.05, 0) is 37.3 Å². The van der Waals surface area contributed by atoms with Crippen LogP contribution in [0.3, 0.4) is 0 Å². The molecular weight excluding hydrogens is 386 g/mol. The first-order valence-electron chi connectivity index (χ1n) is 8.99. The molecule has 2 amide bonds. The number of carbonyl (C=O) groups excluding carboxylic acids is 2. The van der Waals surface area contributed by atoms with Crippen molar-refractivity contribution in [3.05, 3.63) is 76.3 Å². The Labute approximate surface area is 173 Å². The van der Waals surface area contributed by atoms with E-state index < -0.39 is 0 Å². The van der Waals surface area contributed by atoms with Gasteiger partial charge in [-0.1, -0.05) is 24.3 Å². The second-order valence-corrected chi connectivity index (χ2v) is 7.33. The lowest BCUT2D eigenvalue weighted by molar-refractivity contribution is -0.114. The molecule has 29 heavy (non-hydrogen) atoms. The molecule has 1 heterocycles. The Bertz CT molecular complexity index is 1040. The lowest BCUT2D eigenvalue weighted by Gasteiger charge is -2.08. The van der Waals surface area contributed by atoms with Crippen LogP contribution in [-0.2, 0) is 16.2 Å². The molecule has 2 N–H and O–H groups in total. The van der Waals surface area contributed by atoms with Gasteiger partial charge in [-0.25, -0.2) is 4.98 Å². The molecular formula is C22H21N3O3S. The molecule has 0 aliphatic carbocycles. The topological polar surface area (TPSA) is 80.3 Å². The van der Waals surface area contributed by atoms with Gasteiger partial charge in [-0.15, -0.1) is 11.3 Å². The summed E-state index contributed by atoms with van der Waals surface area (Å²) in [4.78, 5) is 27.8. The van der Waals surface area contributed by atoms with E-state index in [1.54, 1.807) is 41.7 Å². The first kappa shape index (κ1) is 20.3. The number of hydrogen-bond donors (Lipinski definition) is 2. The van der Waals surface area contributed by atoms with Gasteiger partial charge in [0, 0.05) is 35.3 Å². The number of hydrogen-bond acceptors (Lipinski definition) is 5. The summed E-state index contributed by atoms with van der Waals surface area (Å²) in [5.74, 6) is 0.225. The third kappa shape index (κ3) is 6.29. The van der Waals surface area contributed by atoms with Crippen LogP contribution in [0.25, 0.3) is 6.08 Å². The summed E-state index contributed by atoms with van der Waals surface area (Å²) in [6.07, 6.45) is 3.15. The Kier molecular flexibility index (Phi) is 6.76. The van der Waals surface area contributed by atoms with Gasteiger partial charge in [-0.2, -0.15) is 0 Å². The van der Waals surface area contributed by atoms with E-state index in [9.17, 15) is 9.59 Å². The average Bonchev–Trinajstić information content (AvgIpc) is 3.10. The van der Waals surface area contributed by atoms with Crippen LogP contribution in [0.4, 0.5) is 11.4 Å². The largest absolute Gasteiger partial charge is 0.487 e. The summed E-state index contributed by atoms with van der Waals surface area (Å²) < 4.78 is 5.86. The van der Waals surface area contributed by atoms with Gasteiger partial charge in [0.2, 0.25) is 11.8 Å². The summed E-state index contributed by atoms with van der Waals surface area (Å²) in [6, 6.07) is 14.5. The van der Waals surface area contributed by atoms with Gasteiger partial charge in [0.1, 0.15) is 12.4 Å². The molecule has 0 fully saturated rings. The average molecular weight is 407 g/mol.